The summed E-state index contributed by atoms with van der Waals surface area (Å²) in [4.78, 5) is 18.8. The van der Waals surface area contributed by atoms with Crippen LogP contribution >= 0.6 is 0 Å². The summed E-state index contributed by atoms with van der Waals surface area (Å²) < 4.78 is 1.66. The molecule has 1 aromatic carbocycles. The van der Waals surface area contributed by atoms with Crippen molar-refractivity contribution in [3.8, 4) is 0 Å². The van der Waals surface area contributed by atoms with Crippen LogP contribution in [0.5, 0.6) is 0 Å². The Morgan fingerprint density at radius 2 is 2.09 bits per heavy atom. The van der Waals surface area contributed by atoms with Gasteiger partial charge in [0, 0.05) is 19.1 Å². The van der Waals surface area contributed by atoms with Crippen LogP contribution in [0.3, 0.4) is 0 Å². The van der Waals surface area contributed by atoms with Gasteiger partial charge in [0.25, 0.3) is 0 Å². The second-order valence-electron chi connectivity index (χ2n) is 6.45. The van der Waals surface area contributed by atoms with E-state index in [1.807, 2.05) is 37.1 Å². The van der Waals surface area contributed by atoms with Crippen molar-refractivity contribution in [2.24, 2.45) is 7.05 Å². The van der Waals surface area contributed by atoms with E-state index in [0.29, 0.717) is 5.95 Å². The van der Waals surface area contributed by atoms with Gasteiger partial charge in [-0.15, -0.1) is 5.10 Å². The van der Waals surface area contributed by atoms with Crippen LogP contribution in [-0.2, 0) is 13.5 Å². The molecule has 23 heavy (non-hydrogen) atoms. The molecule has 1 aliphatic heterocycles. The predicted octanol–water partition coefficient (Wildman–Crippen LogP) is 2.75. The van der Waals surface area contributed by atoms with E-state index in [1.165, 1.54) is 5.56 Å². The SMILES string of the molecule is Cc1nc(NC(=O)N2CCCC2(C)Cc2ccccc2)nn1C. The summed E-state index contributed by atoms with van der Waals surface area (Å²) >= 11 is 0. The Kier molecular flexibility index (Phi) is 4.07. The second-order valence-corrected chi connectivity index (χ2v) is 6.45. The number of likely N-dealkylation sites (tertiary alicyclic amines) is 1. The second kappa shape index (κ2) is 6.02. The monoisotopic (exact) mass is 313 g/mol. The minimum atomic E-state index is -0.171. The van der Waals surface area contributed by atoms with E-state index in [1.54, 1.807) is 4.68 Å². The molecule has 1 unspecified atom stereocenters. The number of hydrogen-bond acceptors (Lipinski definition) is 3. The molecule has 1 fully saturated rings. The van der Waals surface area contributed by atoms with Crippen LogP contribution in [0.2, 0.25) is 0 Å². The molecule has 1 atom stereocenters. The maximum Gasteiger partial charge on any atom is 0.324 e. The lowest BCUT2D eigenvalue weighted by atomic mass is 9.90. The molecular formula is C17H23N5O. The standard InChI is InChI=1S/C17H23N5O/c1-13-18-15(20-21(13)3)19-16(23)22-11-7-10-17(22,2)12-14-8-5-4-6-9-14/h4-6,8-9H,7,10-12H2,1-3H3,(H,19,20,23). The Morgan fingerprint density at radius 3 is 2.74 bits per heavy atom. The molecule has 2 amide bonds. The average molecular weight is 313 g/mol. The number of carbonyl (C=O) groups is 1. The van der Waals surface area contributed by atoms with Gasteiger partial charge in [-0.3, -0.25) is 10.00 Å². The zero-order valence-corrected chi connectivity index (χ0v) is 13.9. The lowest BCUT2D eigenvalue weighted by molar-refractivity contribution is 0.167. The van der Waals surface area contributed by atoms with Crippen LogP contribution in [0.1, 0.15) is 31.2 Å². The summed E-state index contributed by atoms with van der Waals surface area (Å²) in [6.07, 6.45) is 2.88. The smallest absolute Gasteiger partial charge is 0.319 e. The van der Waals surface area contributed by atoms with E-state index in [-0.39, 0.29) is 11.6 Å². The lowest BCUT2D eigenvalue weighted by Crippen LogP contribution is -2.48. The van der Waals surface area contributed by atoms with Crippen LogP contribution in [0.25, 0.3) is 0 Å². The topological polar surface area (TPSA) is 63.1 Å². The number of urea groups is 1. The van der Waals surface area contributed by atoms with Gasteiger partial charge >= 0.3 is 6.03 Å². The maximum atomic E-state index is 12.7. The third kappa shape index (κ3) is 3.21. The van der Waals surface area contributed by atoms with Crippen molar-refractivity contribution >= 4 is 12.0 Å². The number of hydrogen-bond donors (Lipinski definition) is 1. The summed E-state index contributed by atoms with van der Waals surface area (Å²) in [6, 6.07) is 10.2. The van der Waals surface area contributed by atoms with Gasteiger partial charge in [0.1, 0.15) is 5.82 Å². The number of rotatable bonds is 3. The van der Waals surface area contributed by atoms with Crippen molar-refractivity contribution in [3.05, 3.63) is 41.7 Å². The van der Waals surface area contributed by atoms with E-state index in [2.05, 4.69) is 34.5 Å². The van der Waals surface area contributed by atoms with Crippen molar-refractivity contribution in [1.82, 2.24) is 19.7 Å². The van der Waals surface area contributed by atoms with Gasteiger partial charge in [-0.25, -0.2) is 4.79 Å². The normalized spacial score (nSPS) is 20.7. The molecule has 0 aliphatic carbocycles. The molecular weight excluding hydrogens is 290 g/mol. The van der Waals surface area contributed by atoms with Crippen molar-refractivity contribution < 1.29 is 4.79 Å². The van der Waals surface area contributed by atoms with Crippen molar-refractivity contribution in [1.29, 1.82) is 0 Å². The third-order valence-electron chi connectivity index (χ3n) is 4.62. The fourth-order valence-electron chi connectivity index (χ4n) is 3.27. The third-order valence-corrected chi connectivity index (χ3v) is 4.62. The number of benzene rings is 1. The summed E-state index contributed by atoms with van der Waals surface area (Å²) in [6.45, 7) is 4.78. The zero-order chi connectivity index (χ0) is 16.4. The van der Waals surface area contributed by atoms with E-state index < -0.39 is 0 Å². The zero-order valence-electron chi connectivity index (χ0n) is 13.9. The molecule has 1 saturated heterocycles. The highest BCUT2D eigenvalue weighted by molar-refractivity contribution is 5.88. The van der Waals surface area contributed by atoms with Crippen LogP contribution in [0.4, 0.5) is 10.7 Å². The Morgan fingerprint density at radius 1 is 1.35 bits per heavy atom. The highest BCUT2D eigenvalue weighted by Gasteiger charge is 2.39. The number of nitrogens with zero attached hydrogens (tertiary/aromatic N) is 4. The molecule has 2 aromatic rings. The molecule has 1 aromatic heterocycles. The largest absolute Gasteiger partial charge is 0.324 e. The quantitative estimate of drug-likeness (QED) is 0.947. The van der Waals surface area contributed by atoms with Crippen molar-refractivity contribution in [3.63, 3.8) is 0 Å². The molecule has 122 valence electrons. The average Bonchev–Trinajstić information content (AvgIpc) is 3.03. The predicted molar refractivity (Wildman–Crippen MR) is 89.2 cm³/mol. The first-order valence-corrected chi connectivity index (χ1v) is 7.98. The number of carbonyl (C=O) groups excluding carboxylic acids is 1. The fraction of sp³-hybridized carbons (Fsp3) is 0.471. The van der Waals surface area contributed by atoms with Gasteiger partial charge in [-0.1, -0.05) is 30.3 Å². The van der Waals surface area contributed by atoms with E-state index in [4.69, 9.17) is 0 Å². The first-order valence-electron chi connectivity index (χ1n) is 7.98. The minimum Gasteiger partial charge on any atom is -0.319 e. The molecule has 1 aliphatic rings. The Bertz CT molecular complexity index is 677. The van der Waals surface area contributed by atoms with Crippen molar-refractivity contribution in [2.75, 3.05) is 11.9 Å². The van der Waals surface area contributed by atoms with Crippen LogP contribution in [-0.4, -0.2) is 37.8 Å². The number of amides is 2. The fourth-order valence-corrected chi connectivity index (χ4v) is 3.27. The maximum absolute atomic E-state index is 12.7. The molecule has 3 rings (SSSR count). The van der Waals surface area contributed by atoms with E-state index in [0.717, 1.165) is 31.6 Å². The minimum absolute atomic E-state index is 0.119. The lowest BCUT2D eigenvalue weighted by Gasteiger charge is -2.35. The molecule has 1 N–H and O–H groups in total. The summed E-state index contributed by atoms with van der Waals surface area (Å²) in [5.74, 6) is 1.14. The molecule has 6 nitrogen and oxygen atoms in total. The van der Waals surface area contributed by atoms with Crippen LogP contribution < -0.4 is 5.32 Å². The molecule has 0 radical (unpaired) electrons. The summed E-state index contributed by atoms with van der Waals surface area (Å²) in [7, 11) is 1.81. The molecule has 0 bridgehead atoms. The summed E-state index contributed by atoms with van der Waals surface area (Å²) in [5, 5.41) is 7.03. The highest BCUT2D eigenvalue weighted by Crippen LogP contribution is 2.32. The van der Waals surface area contributed by atoms with Gasteiger partial charge in [0.05, 0.1) is 0 Å². The van der Waals surface area contributed by atoms with Crippen molar-refractivity contribution in [2.45, 2.75) is 38.6 Å². The van der Waals surface area contributed by atoms with E-state index >= 15 is 0 Å². The number of anilines is 1. The number of aromatic nitrogens is 3. The highest BCUT2D eigenvalue weighted by atomic mass is 16.2. The molecule has 0 spiro atoms. The van der Waals surface area contributed by atoms with Gasteiger partial charge in [0.15, 0.2) is 0 Å². The molecule has 6 heteroatoms. The Hall–Kier alpha value is -2.37. The van der Waals surface area contributed by atoms with E-state index in [9.17, 15) is 4.79 Å². The van der Waals surface area contributed by atoms with Gasteiger partial charge in [-0.05, 0) is 38.7 Å². The van der Waals surface area contributed by atoms with Crippen LogP contribution in [0.15, 0.2) is 30.3 Å². The van der Waals surface area contributed by atoms with Gasteiger partial charge < -0.3 is 4.90 Å². The number of aryl methyl sites for hydroxylation is 2. The summed E-state index contributed by atoms with van der Waals surface area (Å²) in [5.41, 5.74) is 1.08. The Labute approximate surface area is 136 Å². The molecule has 2 heterocycles. The number of nitrogens with one attached hydrogen (secondary N) is 1. The Balaban J connectivity index is 1.73. The van der Waals surface area contributed by atoms with Gasteiger partial charge in [-0.2, -0.15) is 4.98 Å². The van der Waals surface area contributed by atoms with Gasteiger partial charge in [0.2, 0.25) is 5.95 Å². The van der Waals surface area contributed by atoms with Crippen LogP contribution in [0, 0.1) is 6.92 Å². The molecule has 0 saturated carbocycles. The first kappa shape index (κ1) is 15.5. The first-order chi connectivity index (χ1) is 11.0.